The van der Waals surface area contributed by atoms with Crippen molar-refractivity contribution >= 4 is 27.6 Å². The Morgan fingerprint density at radius 1 is 0.886 bits per heavy atom. The predicted molar refractivity (Wildman–Crippen MR) is 141 cm³/mol. The summed E-state index contributed by atoms with van der Waals surface area (Å²) in [6.07, 6.45) is 1.79. The lowest BCUT2D eigenvalue weighted by molar-refractivity contribution is 0.207. The number of allylic oxidation sites excluding steroid dienone is 1. The molecule has 0 aliphatic heterocycles. The predicted octanol–water partition coefficient (Wildman–Crippen LogP) is 6.70. The maximum absolute atomic E-state index is 9.81. The first-order chi connectivity index (χ1) is 17.0. The third-order valence-electron chi connectivity index (χ3n) is 5.08. The molecule has 0 radical (unpaired) electrons. The van der Waals surface area contributed by atoms with Crippen LogP contribution in [0.2, 0.25) is 0 Å². The molecule has 3 aromatic carbocycles. The van der Waals surface area contributed by atoms with Gasteiger partial charge in [-0.3, -0.25) is 0 Å². The molecule has 35 heavy (non-hydrogen) atoms. The van der Waals surface area contributed by atoms with Crippen molar-refractivity contribution in [2.45, 2.75) is 13.8 Å². The minimum atomic E-state index is 0.344. The van der Waals surface area contributed by atoms with Gasteiger partial charge in [0, 0.05) is 0 Å². The highest BCUT2D eigenvalue weighted by Gasteiger charge is 2.14. The van der Waals surface area contributed by atoms with E-state index in [0.29, 0.717) is 54.0 Å². The van der Waals surface area contributed by atoms with E-state index < -0.39 is 0 Å². The minimum absolute atomic E-state index is 0.344. The summed E-state index contributed by atoms with van der Waals surface area (Å²) < 4.78 is 28.9. The third kappa shape index (κ3) is 6.93. The fraction of sp³-hybridized carbons (Fsp3) is 0.250. The molecule has 0 amide bonds. The van der Waals surface area contributed by atoms with Crippen molar-refractivity contribution in [1.82, 2.24) is 0 Å². The summed E-state index contributed by atoms with van der Waals surface area (Å²) in [5.74, 6) is 3.11. The number of aryl methyl sites for hydroxylation is 1. The first kappa shape index (κ1) is 26.0. The van der Waals surface area contributed by atoms with E-state index in [4.69, 9.17) is 23.7 Å². The van der Waals surface area contributed by atoms with Gasteiger partial charge in [0.2, 0.25) is 0 Å². The molecule has 0 aliphatic rings. The summed E-state index contributed by atoms with van der Waals surface area (Å²) in [6, 6.07) is 19.2. The normalized spacial score (nSPS) is 10.9. The van der Waals surface area contributed by atoms with E-state index in [9.17, 15) is 5.26 Å². The van der Waals surface area contributed by atoms with Crippen LogP contribution in [-0.4, -0.2) is 34.0 Å². The molecule has 0 saturated carbocycles. The molecule has 182 valence electrons. The molecule has 0 N–H and O–H groups in total. The van der Waals surface area contributed by atoms with Crippen molar-refractivity contribution in [2.24, 2.45) is 0 Å². The summed E-state index contributed by atoms with van der Waals surface area (Å²) >= 11 is 3.59. The second-order valence-electron chi connectivity index (χ2n) is 7.51. The number of rotatable bonds is 11. The highest BCUT2D eigenvalue weighted by molar-refractivity contribution is 9.10. The van der Waals surface area contributed by atoms with Crippen LogP contribution in [0.15, 0.2) is 59.1 Å². The lowest BCUT2D eigenvalue weighted by atomic mass is 10.0. The van der Waals surface area contributed by atoms with E-state index in [1.54, 1.807) is 32.4 Å². The Balaban J connectivity index is 1.80. The molecule has 0 spiro atoms. The number of hydrogen-bond acceptors (Lipinski definition) is 6. The first-order valence-electron chi connectivity index (χ1n) is 11.1. The van der Waals surface area contributed by atoms with Gasteiger partial charge < -0.3 is 23.7 Å². The van der Waals surface area contributed by atoms with Crippen molar-refractivity contribution in [3.63, 3.8) is 0 Å². The lowest BCUT2D eigenvalue weighted by Gasteiger charge is -2.15. The minimum Gasteiger partial charge on any atom is -0.493 e. The van der Waals surface area contributed by atoms with Crippen LogP contribution in [-0.2, 0) is 0 Å². The highest BCUT2D eigenvalue weighted by Crippen LogP contribution is 2.38. The van der Waals surface area contributed by atoms with E-state index in [1.165, 1.54) is 5.56 Å². The van der Waals surface area contributed by atoms with E-state index in [2.05, 4.69) is 22.0 Å². The van der Waals surface area contributed by atoms with E-state index in [-0.39, 0.29) is 0 Å². The molecule has 0 heterocycles. The summed E-state index contributed by atoms with van der Waals surface area (Å²) in [6.45, 7) is 5.14. The van der Waals surface area contributed by atoms with Gasteiger partial charge in [0.15, 0.2) is 23.0 Å². The van der Waals surface area contributed by atoms with Gasteiger partial charge in [0.05, 0.1) is 36.9 Å². The molecule has 3 aromatic rings. The fourth-order valence-corrected chi connectivity index (χ4v) is 3.94. The quantitative estimate of drug-likeness (QED) is 0.154. The molecule has 0 saturated heterocycles. The molecule has 0 fully saturated rings. The van der Waals surface area contributed by atoms with Crippen LogP contribution in [0.4, 0.5) is 0 Å². The van der Waals surface area contributed by atoms with E-state index in [0.717, 1.165) is 15.8 Å². The smallest absolute Gasteiger partial charge is 0.175 e. The van der Waals surface area contributed by atoms with Crippen LogP contribution in [0.1, 0.15) is 23.6 Å². The molecular formula is C28H28BrNO5. The zero-order valence-electron chi connectivity index (χ0n) is 20.3. The molecular weight excluding hydrogens is 510 g/mol. The van der Waals surface area contributed by atoms with Gasteiger partial charge in [-0.25, -0.2) is 0 Å². The van der Waals surface area contributed by atoms with Crippen molar-refractivity contribution in [3.8, 4) is 34.8 Å². The van der Waals surface area contributed by atoms with Crippen molar-refractivity contribution in [2.75, 3.05) is 34.0 Å². The molecule has 6 nitrogen and oxygen atoms in total. The number of hydrogen-bond donors (Lipinski definition) is 0. The Kier molecular flexibility index (Phi) is 9.45. The maximum atomic E-state index is 9.81. The number of benzene rings is 3. The van der Waals surface area contributed by atoms with E-state index in [1.807, 2.05) is 56.3 Å². The van der Waals surface area contributed by atoms with Gasteiger partial charge in [-0.05, 0) is 89.4 Å². The number of nitriles is 1. The number of nitrogens with zero attached hydrogens (tertiary/aromatic N) is 1. The zero-order valence-corrected chi connectivity index (χ0v) is 21.8. The van der Waals surface area contributed by atoms with Gasteiger partial charge in [0.25, 0.3) is 0 Å². The summed E-state index contributed by atoms with van der Waals surface area (Å²) in [7, 11) is 3.14. The number of halogens is 1. The molecule has 7 heteroatoms. The monoisotopic (exact) mass is 537 g/mol. The Morgan fingerprint density at radius 3 is 2.26 bits per heavy atom. The molecule has 0 bridgehead atoms. The third-order valence-corrected chi connectivity index (χ3v) is 5.67. The van der Waals surface area contributed by atoms with Crippen LogP contribution in [0, 0.1) is 18.3 Å². The number of ether oxygens (including phenoxy) is 5. The van der Waals surface area contributed by atoms with Gasteiger partial charge in [0.1, 0.15) is 19.0 Å². The molecule has 0 aliphatic carbocycles. The van der Waals surface area contributed by atoms with Crippen molar-refractivity contribution < 1.29 is 23.7 Å². The lowest BCUT2D eigenvalue weighted by Crippen LogP contribution is -2.10. The average Bonchev–Trinajstić information content (AvgIpc) is 2.87. The molecule has 0 atom stereocenters. The second-order valence-corrected chi connectivity index (χ2v) is 8.37. The molecule has 0 unspecified atom stereocenters. The Bertz CT molecular complexity index is 1220. The topological polar surface area (TPSA) is 69.9 Å². The Labute approximate surface area is 214 Å². The SMILES string of the molecule is CCOc1cc(/C=C(/C#N)c2ccc(OC)c(OC)c2)cc(Br)c1OCCOc1ccc(C)cc1. The standard InChI is InChI=1S/C28H28BrNO5/c1-5-33-27-16-20(14-22(18-30)21-8-11-25(31-3)26(17-21)32-4)15-24(29)28(27)35-13-12-34-23-9-6-19(2)7-10-23/h6-11,14-17H,5,12-13H2,1-4H3/b22-14-. The van der Waals surface area contributed by atoms with Crippen LogP contribution in [0.25, 0.3) is 11.6 Å². The summed E-state index contributed by atoms with van der Waals surface area (Å²) in [4.78, 5) is 0. The van der Waals surface area contributed by atoms with Gasteiger partial charge in [-0.15, -0.1) is 0 Å². The van der Waals surface area contributed by atoms with Gasteiger partial charge >= 0.3 is 0 Å². The maximum Gasteiger partial charge on any atom is 0.175 e. The Hall–Kier alpha value is -3.63. The fourth-order valence-electron chi connectivity index (χ4n) is 3.36. The average molecular weight is 538 g/mol. The van der Waals surface area contributed by atoms with Crippen LogP contribution in [0.3, 0.4) is 0 Å². The summed E-state index contributed by atoms with van der Waals surface area (Å²) in [5, 5.41) is 9.81. The number of methoxy groups -OCH3 is 2. The zero-order chi connectivity index (χ0) is 25.2. The Morgan fingerprint density at radius 2 is 1.60 bits per heavy atom. The van der Waals surface area contributed by atoms with Crippen LogP contribution >= 0.6 is 15.9 Å². The van der Waals surface area contributed by atoms with E-state index >= 15 is 0 Å². The van der Waals surface area contributed by atoms with Crippen molar-refractivity contribution in [1.29, 1.82) is 5.26 Å². The highest BCUT2D eigenvalue weighted by atomic mass is 79.9. The molecule has 3 rings (SSSR count). The first-order valence-corrected chi connectivity index (χ1v) is 11.9. The van der Waals surface area contributed by atoms with Gasteiger partial charge in [-0.1, -0.05) is 17.7 Å². The van der Waals surface area contributed by atoms with Crippen LogP contribution < -0.4 is 23.7 Å². The second kappa shape index (κ2) is 12.7. The van der Waals surface area contributed by atoms with Gasteiger partial charge in [-0.2, -0.15) is 5.26 Å². The summed E-state index contributed by atoms with van der Waals surface area (Å²) in [5.41, 5.74) is 3.15. The van der Waals surface area contributed by atoms with Crippen molar-refractivity contribution in [3.05, 3.63) is 75.8 Å². The largest absolute Gasteiger partial charge is 0.493 e. The molecule has 0 aromatic heterocycles. The van der Waals surface area contributed by atoms with Crippen LogP contribution in [0.5, 0.6) is 28.7 Å².